The quantitative estimate of drug-likeness (QED) is 0.331. The molecular weight excluding hydrogens is 532 g/mol. The van der Waals surface area contributed by atoms with Gasteiger partial charge in [0, 0.05) is 32.1 Å². The first-order valence-electron chi connectivity index (χ1n) is 12.5. The lowest BCUT2D eigenvalue weighted by molar-refractivity contribution is -0.140. The van der Waals surface area contributed by atoms with Crippen molar-refractivity contribution in [1.29, 1.82) is 0 Å². The Morgan fingerprint density at radius 1 is 1.15 bits per heavy atom. The van der Waals surface area contributed by atoms with Gasteiger partial charge in [0.1, 0.15) is 29.7 Å². The number of piperazine rings is 1. The number of carbonyl (C=O) groups is 2. The Kier molecular flexibility index (Phi) is 7.67. The van der Waals surface area contributed by atoms with Crippen LogP contribution in [0, 0.1) is 11.6 Å². The molecule has 2 aromatic carbocycles. The predicted octanol–water partition coefficient (Wildman–Crippen LogP) is 4.76. The highest BCUT2D eigenvalue weighted by molar-refractivity contribution is 6.33. The van der Waals surface area contributed by atoms with Gasteiger partial charge >= 0.3 is 5.97 Å². The fraction of sp³-hybridized carbons (Fsp3) is 0.321. The molecule has 3 heterocycles. The van der Waals surface area contributed by atoms with Gasteiger partial charge in [-0.3, -0.25) is 4.79 Å². The van der Waals surface area contributed by atoms with Crippen LogP contribution in [0.15, 0.2) is 52.6 Å². The van der Waals surface area contributed by atoms with E-state index in [0.717, 1.165) is 23.3 Å². The molecule has 1 fully saturated rings. The molecule has 2 atom stereocenters. The number of rotatable bonds is 7. The number of aromatic nitrogens is 1. The van der Waals surface area contributed by atoms with Crippen molar-refractivity contribution >= 4 is 29.1 Å². The predicted molar refractivity (Wildman–Crippen MR) is 139 cm³/mol. The zero-order valence-electron chi connectivity index (χ0n) is 21.3. The van der Waals surface area contributed by atoms with Crippen molar-refractivity contribution in [2.24, 2.45) is 0 Å². The maximum absolute atomic E-state index is 14.2. The van der Waals surface area contributed by atoms with Crippen LogP contribution in [-0.4, -0.2) is 53.7 Å². The lowest BCUT2D eigenvalue weighted by Crippen LogP contribution is -2.61. The number of amides is 1. The molecule has 0 saturated carbocycles. The van der Waals surface area contributed by atoms with E-state index in [1.807, 2.05) is 12.1 Å². The lowest BCUT2D eigenvalue weighted by atomic mass is 9.83. The Balaban J connectivity index is 1.33. The van der Waals surface area contributed by atoms with Crippen molar-refractivity contribution in [3.05, 3.63) is 76.0 Å². The van der Waals surface area contributed by atoms with Crippen LogP contribution in [0.1, 0.15) is 31.6 Å². The molecule has 8 nitrogen and oxygen atoms in total. The first-order valence-corrected chi connectivity index (χ1v) is 12.9. The summed E-state index contributed by atoms with van der Waals surface area (Å²) < 4.78 is 44.4. The monoisotopic (exact) mass is 557 g/mol. The van der Waals surface area contributed by atoms with Gasteiger partial charge in [-0.05, 0) is 48.7 Å². The van der Waals surface area contributed by atoms with E-state index in [-0.39, 0.29) is 47.5 Å². The maximum Gasteiger partial charge on any atom is 0.335 e. The molecule has 204 valence electrons. The second kappa shape index (κ2) is 11.2. The van der Waals surface area contributed by atoms with Crippen molar-refractivity contribution in [3.8, 4) is 17.0 Å². The van der Waals surface area contributed by atoms with Gasteiger partial charge in [0.15, 0.2) is 5.76 Å². The Morgan fingerprint density at radius 3 is 2.62 bits per heavy atom. The molecule has 0 spiro atoms. The summed E-state index contributed by atoms with van der Waals surface area (Å²) in [5, 5.41) is 6.87. The van der Waals surface area contributed by atoms with Crippen LogP contribution in [0.2, 0.25) is 5.02 Å². The largest absolute Gasteiger partial charge is 0.486 e. The molecule has 1 aromatic heterocycles. The van der Waals surface area contributed by atoms with Crippen LogP contribution in [0.25, 0.3) is 16.8 Å². The molecule has 1 saturated heterocycles. The molecule has 5 rings (SSSR count). The van der Waals surface area contributed by atoms with Crippen LogP contribution < -0.4 is 10.1 Å². The van der Waals surface area contributed by atoms with Gasteiger partial charge < -0.3 is 24.2 Å². The van der Waals surface area contributed by atoms with Gasteiger partial charge in [-0.15, -0.1) is 0 Å². The first-order chi connectivity index (χ1) is 18.7. The molecule has 39 heavy (non-hydrogen) atoms. The molecular formula is C28H26ClF2N3O5. The summed E-state index contributed by atoms with van der Waals surface area (Å²) in [6.07, 6.45) is 0.564. The van der Waals surface area contributed by atoms with Gasteiger partial charge in [-0.2, -0.15) is 0 Å². The molecule has 2 aliphatic heterocycles. The third-order valence-corrected chi connectivity index (χ3v) is 7.16. The minimum Gasteiger partial charge on any atom is -0.486 e. The fourth-order valence-corrected chi connectivity index (χ4v) is 5.24. The van der Waals surface area contributed by atoms with E-state index in [2.05, 4.69) is 10.5 Å². The highest BCUT2D eigenvalue weighted by atomic mass is 35.5. The highest BCUT2D eigenvalue weighted by Gasteiger charge is 2.39. The summed E-state index contributed by atoms with van der Waals surface area (Å²) >= 11 is 5.91. The van der Waals surface area contributed by atoms with E-state index < -0.39 is 17.6 Å². The minimum absolute atomic E-state index is 0.00732. The number of nitrogens with one attached hydrogen (secondary N) is 1. The van der Waals surface area contributed by atoms with Crippen molar-refractivity contribution in [1.82, 2.24) is 15.4 Å². The van der Waals surface area contributed by atoms with E-state index in [1.165, 1.54) is 13.0 Å². The van der Waals surface area contributed by atoms with E-state index in [1.54, 1.807) is 24.0 Å². The van der Waals surface area contributed by atoms with Crippen molar-refractivity contribution in [2.45, 2.75) is 39.0 Å². The van der Waals surface area contributed by atoms with E-state index in [4.69, 9.17) is 25.6 Å². The highest BCUT2D eigenvalue weighted by Crippen LogP contribution is 2.35. The number of carbonyl (C=O) groups excluding carboxylic acids is 2. The average Bonchev–Trinajstić information content (AvgIpc) is 3.38. The van der Waals surface area contributed by atoms with Crippen molar-refractivity contribution in [2.75, 3.05) is 19.7 Å². The maximum atomic E-state index is 14.2. The summed E-state index contributed by atoms with van der Waals surface area (Å²) in [6, 6.07) is 10.3. The Morgan fingerprint density at radius 2 is 1.90 bits per heavy atom. The van der Waals surface area contributed by atoms with Crippen LogP contribution in [0.4, 0.5) is 8.78 Å². The fourth-order valence-electron chi connectivity index (χ4n) is 4.99. The number of hydrogen-bond donors (Lipinski definition) is 1. The summed E-state index contributed by atoms with van der Waals surface area (Å²) in [5.41, 5.74) is 2.15. The average molecular weight is 558 g/mol. The molecule has 1 N–H and O–H groups in total. The number of esters is 1. The molecule has 2 aliphatic rings. The lowest BCUT2D eigenvalue weighted by Gasteiger charge is -2.43. The van der Waals surface area contributed by atoms with E-state index >= 15 is 0 Å². The molecule has 3 aromatic rings. The zero-order chi connectivity index (χ0) is 27.7. The van der Waals surface area contributed by atoms with Gasteiger partial charge in [0.05, 0.1) is 28.8 Å². The van der Waals surface area contributed by atoms with Crippen LogP contribution in [0.5, 0.6) is 5.75 Å². The zero-order valence-corrected chi connectivity index (χ0v) is 22.1. The van der Waals surface area contributed by atoms with Crippen molar-refractivity contribution in [3.63, 3.8) is 0 Å². The summed E-state index contributed by atoms with van der Waals surface area (Å²) in [6.45, 7) is 4.49. The SMILES string of the molecule is CCOC(=O)C1=C(c2ccc(OCc3cc(-c4c(F)ccc(F)c4Cl)no3)cc2)C[C@@H]2CN(C(C)=O)C[C@H]1N2. The van der Waals surface area contributed by atoms with Gasteiger partial charge in [-0.25, -0.2) is 13.6 Å². The van der Waals surface area contributed by atoms with Gasteiger partial charge in [-0.1, -0.05) is 28.9 Å². The summed E-state index contributed by atoms with van der Waals surface area (Å²) in [7, 11) is 0. The molecule has 11 heteroatoms. The second-order valence-electron chi connectivity index (χ2n) is 9.37. The standard InChI is InChI=1S/C28H26ClF2N3O5/c1-3-37-28(36)25-20(10-17-12-34(15(2)35)13-24(25)32-17)16-4-6-18(7-5-16)38-14-19-11-23(33-39-19)26-21(30)8-9-22(31)27(26)29/h4-9,11,17,24,32H,3,10,12-14H2,1-2H3/t17-,24-/m1/s1. The number of fused-ring (bicyclic) bond motifs is 2. The summed E-state index contributed by atoms with van der Waals surface area (Å²) in [4.78, 5) is 26.7. The first kappa shape index (κ1) is 26.8. The smallest absolute Gasteiger partial charge is 0.335 e. The second-order valence-corrected chi connectivity index (χ2v) is 9.74. The Bertz CT molecular complexity index is 1440. The number of nitrogens with zero attached hydrogens (tertiary/aromatic N) is 2. The van der Waals surface area contributed by atoms with Gasteiger partial charge in [0.2, 0.25) is 5.91 Å². The topological polar surface area (TPSA) is 93.9 Å². The third-order valence-electron chi connectivity index (χ3n) is 6.79. The normalized spacial score (nSPS) is 18.7. The molecule has 1 amide bonds. The number of ether oxygens (including phenoxy) is 2. The third kappa shape index (κ3) is 5.53. The van der Waals surface area contributed by atoms with Crippen LogP contribution >= 0.6 is 11.6 Å². The molecule has 0 aliphatic carbocycles. The van der Waals surface area contributed by atoms with Crippen molar-refractivity contribution < 1.29 is 32.4 Å². The van der Waals surface area contributed by atoms with Crippen LogP contribution in [0.3, 0.4) is 0 Å². The van der Waals surface area contributed by atoms with Gasteiger partial charge in [0.25, 0.3) is 0 Å². The molecule has 0 unspecified atom stereocenters. The minimum atomic E-state index is -0.760. The number of benzene rings is 2. The van der Waals surface area contributed by atoms with E-state index in [9.17, 15) is 18.4 Å². The van der Waals surface area contributed by atoms with E-state index in [0.29, 0.717) is 36.6 Å². The number of halogens is 3. The molecule has 0 radical (unpaired) electrons. The molecule has 2 bridgehead atoms. The number of hydrogen-bond acceptors (Lipinski definition) is 7. The Hall–Kier alpha value is -3.76. The Labute approximate surface area is 228 Å². The van der Waals surface area contributed by atoms with Crippen LogP contribution in [-0.2, 0) is 20.9 Å². The summed E-state index contributed by atoms with van der Waals surface area (Å²) in [5.74, 6) is -1.08.